The van der Waals surface area contributed by atoms with Crippen LogP contribution in [0.15, 0.2) is 48.5 Å². The number of carbonyl (C=O) groups excluding carboxylic acids is 3. The number of carboxylic acid groups (broad SMARTS) is 1. The smallest absolute Gasteiger partial charge is 0.326 e. The van der Waals surface area contributed by atoms with Crippen molar-refractivity contribution in [2.24, 2.45) is 17.6 Å². The summed E-state index contributed by atoms with van der Waals surface area (Å²) in [7, 11) is 0. The van der Waals surface area contributed by atoms with Gasteiger partial charge in [-0.2, -0.15) is 0 Å². The van der Waals surface area contributed by atoms with Gasteiger partial charge in [0.05, 0.1) is 6.04 Å². The molecule has 41 heavy (non-hydrogen) atoms. The first-order chi connectivity index (χ1) is 19.3. The molecule has 8 N–H and O–H groups in total. The van der Waals surface area contributed by atoms with Gasteiger partial charge in [0.2, 0.25) is 17.7 Å². The molecule has 0 heterocycles. The standard InChI is InChI=1S/C30H42N4O7/c1-5-18(4)26(34-27(37)23(31)15-19-6-10-21(35)11-7-19)29(39)32-24(14-17(2)3)28(38)33-25(30(40)41)16-20-8-12-22(36)13-9-20/h6-13,17-18,23-26,35-36H,5,14-16,31H2,1-4H3,(H,32,39)(H,33,38)(H,34,37)(H,40,41). The molecule has 0 radical (unpaired) electrons. The molecular weight excluding hydrogens is 528 g/mol. The number of benzene rings is 2. The number of phenolic OH excluding ortho intramolecular Hbond substituents is 2. The van der Waals surface area contributed by atoms with Crippen LogP contribution in [0.3, 0.4) is 0 Å². The average molecular weight is 571 g/mol. The molecule has 5 unspecified atom stereocenters. The van der Waals surface area contributed by atoms with E-state index in [1.165, 1.54) is 24.3 Å². The van der Waals surface area contributed by atoms with E-state index in [-0.39, 0.29) is 42.6 Å². The summed E-state index contributed by atoms with van der Waals surface area (Å²) in [5.74, 6) is -3.18. The minimum atomic E-state index is -1.26. The van der Waals surface area contributed by atoms with Crippen molar-refractivity contribution >= 4 is 23.7 Å². The fourth-order valence-electron chi connectivity index (χ4n) is 4.25. The van der Waals surface area contributed by atoms with Crippen LogP contribution in [0.25, 0.3) is 0 Å². The van der Waals surface area contributed by atoms with Gasteiger partial charge >= 0.3 is 5.97 Å². The van der Waals surface area contributed by atoms with Crippen molar-refractivity contribution in [3.63, 3.8) is 0 Å². The molecule has 0 bridgehead atoms. The monoisotopic (exact) mass is 570 g/mol. The lowest BCUT2D eigenvalue weighted by Gasteiger charge is -2.28. The predicted molar refractivity (Wildman–Crippen MR) is 154 cm³/mol. The Balaban J connectivity index is 2.14. The molecule has 0 saturated carbocycles. The van der Waals surface area contributed by atoms with E-state index < -0.39 is 47.9 Å². The number of carboxylic acids is 1. The van der Waals surface area contributed by atoms with Crippen LogP contribution in [-0.4, -0.2) is 63.2 Å². The topological polar surface area (TPSA) is 191 Å². The maximum absolute atomic E-state index is 13.4. The lowest BCUT2D eigenvalue weighted by molar-refractivity contribution is -0.142. The van der Waals surface area contributed by atoms with Crippen molar-refractivity contribution in [3.8, 4) is 11.5 Å². The summed E-state index contributed by atoms with van der Waals surface area (Å²) in [5, 5.41) is 36.6. The number of amides is 3. The first-order valence-corrected chi connectivity index (χ1v) is 13.8. The molecule has 2 aromatic rings. The number of nitrogens with one attached hydrogen (secondary N) is 3. The Bertz CT molecular complexity index is 1170. The van der Waals surface area contributed by atoms with Crippen LogP contribution in [-0.2, 0) is 32.0 Å². The van der Waals surface area contributed by atoms with Crippen LogP contribution in [0, 0.1) is 11.8 Å². The van der Waals surface area contributed by atoms with Crippen LogP contribution in [0.5, 0.6) is 11.5 Å². The number of hydrogen-bond acceptors (Lipinski definition) is 7. The van der Waals surface area contributed by atoms with Gasteiger partial charge in [-0.25, -0.2) is 4.79 Å². The third kappa shape index (κ3) is 10.8. The minimum absolute atomic E-state index is 0.0122. The lowest BCUT2D eigenvalue weighted by atomic mass is 9.96. The number of nitrogens with two attached hydrogens (primary N) is 1. The van der Waals surface area contributed by atoms with E-state index in [0.717, 1.165) is 5.56 Å². The van der Waals surface area contributed by atoms with Gasteiger partial charge in [-0.3, -0.25) is 14.4 Å². The molecule has 5 atom stereocenters. The summed E-state index contributed by atoms with van der Waals surface area (Å²) in [6.07, 6.45) is 0.968. The Kier molecular flexibility index (Phi) is 12.6. The largest absolute Gasteiger partial charge is 0.508 e. The van der Waals surface area contributed by atoms with Crippen LogP contribution < -0.4 is 21.7 Å². The van der Waals surface area contributed by atoms with Gasteiger partial charge in [0.15, 0.2) is 0 Å². The first kappa shape index (κ1) is 33.1. The summed E-state index contributed by atoms with van der Waals surface area (Å²) in [4.78, 5) is 51.5. The van der Waals surface area contributed by atoms with E-state index in [1.54, 1.807) is 31.2 Å². The van der Waals surface area contributed by atoms with Crippen LogP contribution >= 0.6 is 0 Å². The highest BCUT2D eigenvalue weighted by molar-refractivity contribution is 5.94. The van der Waals surface area contributed by atoms with Gasteiger partial charge in [-0.1, -0.05) is 58.4 Å². The zero-order valence-electron chi connectivity index (χ0n) is 24.0. The van der Waals surface area contributed by atoms with Crippen molar-refractivity contribution in [1.29, 1.82) is 0 Å². The maximum Gasteiger partial charge on any atom is 0.326 e. The molecule has 0 saturated heterocycles. The van der Waals surface area contributed by atoms with E-state index >= 15 is 0 Å². The fraction of sp³-hybridized carbons (Fsp3) is 0.467. The normalized spacial score (nSPS) is 14.8. The third-order valence-corrected chi connectivity index (χ3v) is 6.85. The molecule has 0 aliphatic carbocycles. The molecule has 0 fully saturated rings. The van der Waals surface area contributed by atoms with E-state index in [2.05, 4.69) is 16.0 Å². The Morgan fingerprint density at radius 2 is 1.22 bits per heavy atom. The highest BCUT2D eigenvalue weighted by atomic mass is 16.4. The molecule has 11 nitrogen and oxygen atoms in total. The van der Waals surface area contributed by atoms with Crippen LogP contribution in [0.1, 0.15) is 51.7 Å². The van der Waals surface area contributed by atoms with Crippen molar-refractivity contribution in [3.05, 3.63) is 59.7 Å². The molecule has 11 heteroatoms. The van der Waals surface area contributed by atoms with Crippen molar-refractivity contribution in [2.45, 2.75) is 77.5 Å². The van der Waals surface area contributed by atoms with E-state index in [1.807, 2.05) is 20.8 Å². The van der Waals surface area contributed by atoms with Crippen molar-refractivity contribution in [1.82, 2.24) is 16.0 Å². The summed E-state index contributed by atoms with van der Waals surface area (Å²) in [5.41, 5.74) is 7.45. The van der Waals surface area contributed by atoms with Gasteiger partial charge in [0.1, 0.15) is 29.6 Å². The highest BCUT2D eigenvalue weighted by Crippen LogP contribution is 2.15. The summed E-state index contributed by atoms with van der Waals surface area (Å²) in [6.45, 7) is 7.40. The second-order valence-electron chi connectivity index (χ2n) is 10.8. The number of aliphatic carboxylic acids is 1. The van der Waals surface area contributed by atoms with Crippen LogP contribution in [0.4, 0.5) is 0 Å². The Hall–Kier alpha value is -4.12. The number of aromatic hydroxyl groups is 2. The number of rotatable bonds is 15. The number of hydrogen-bond donors (Lipinski definition) is 7. The Morgan fingerprint density at radius 1 is 0.732 bits per heavy atom. The molecular formula is C30H42N4O7. The second kappa shape index (κ2) is 15.6. The molecule has 0 spiro atoms. The predicted octanol–water partition coefficient (Wildman–Crippen LogP) is 1.84. The molecule has 0 aliphatic rings. The van der Waals surface area contributed by atoms with Gasteiger partial charge < -0.3 is 37.0 Å². The van der Waals surface area contributed by atoms with E-state index in [4.69, 9.17) is 5.73 Å². The Morgan fingerprint density at radius 3 is 1.68 bits per heavy atom. The van der Waals surface area contributed by atoms with E-state index in [0.29, 0.717) is 12.0 Å². The molecule has 3 amide bonds. The minimum Gasteiger partial charge on any atom is -0.508 e. The van der Waals surface area contributed by atoms with Crippen LogP contribution in [0.2, 0.25) is 0 Å². The molecule has 224 valence electrons. The highest BCUT2D eigenvalue weighted by Gasteiger charge is 2.33. The maximum atomic E-state index is 13.4. The molecule has 2 rings (SSSR count). The van der Waals surface area contributed by atoms with Gasteiger partial charge in [-0.15, -0.1) is 0 Å². The quantitative estimate of drug-likeness (QED) is 0.169. The van der Waals surface area contributed by atoms with Gasteiger partial charge in [0, 0.05) is 6.42 Å². The second-order valence-corrected chi connectivity index (χ2v) is 10.8. The average Bonchev–Trinajstić information content (AvgIpc) is 2.92. The molecule has 2 aromatic carbocycles. The van der Waals surface area contributed by atoms with Crippen molar-refractivity contribution in [2.75, 3.05) is 0 Å². The summed E-state index contributed by atoms with van der Waals surface area (Å²) >= 11 is 0. The number of carbonyl (C=O) groups is 4. The zero-order valence-corrected chi connectivity index (χ0v) is 24.0. The SMILES string of the molecule is CCC(C)C(NC(=O)C(N)Cc1ccc(O)cc1)C(=O)NC(CC(C)C)C(=O)NC(Cc1ccc(O)cc1)C(=O)O. The van der Waals surface area contributed by atoms with Gasteiger partial charge in [0.25, 0.3) is 0 Å². The summed E-state index contributed by atoms with van der Waals surface area (Å²) < 4.78 is 0. The summed E-state index contributed by atoms with van der Waals surface area (Å²) in [6, 6.07) is 8.05. The Labute approximate surface area is 240 Å². The first-order valence-electron chi connectivity index (χ1n) is 13.8. The molecule has 0 aliphatic heterocycles. The van der Waals surface area contributed by atoms with Gasteiger partial charge in [-0.05, 0) is 60.1 Å². The lowest BCUT2D eigenvalue weighted by Crippen LogP contribution is -2.59. The zero-order chi connectivity index (χ0) is 30.7. The number of phenols is 2. The van der Waals surface area contributed by atoms with E-state index in [9.17, 15) is 34.5 Å². The van der Waals surface area contributed by atoms with Crippen molar-refractivity contribution < 1.29 is 34.5 Å². The third-order valence-electron chi connectivity index (χ3n) is 6.85. The fourth-order valence-corrected chi connectivity index (χ4v) is 4.25. The molecule has 0 aromatic heterocycles.